The minimum absolute atomic E-state index is 0.0169. The summed E-state index contributed by atoms with van der Waals surface area (Å²) in [7, 11) is -4.10. The van der Waals surface area contributed by atoms with Gasteiger partial charge >= 0.3 is 5.97 Å². The first kappa shape index (κ1) is 19.6. The maximum absolute atomic E-state index is 13.1. The molecule has 0 aromatic heterocycles. The second kappa shape index (κ2) is 7.81. The average Bonchev–Trinajstić information content (AvgIpc) is 2.89. The number of benzene rings is 2. The molecule has 2 aromatic carbocycles. The molecule has 2 aromatic rings. The first-order chi connectivity index (χ1) is 13.3. The third kappa shape index (κ3) is 3.74. The first-order valence-corrected chi connectivity index (χ1v) is 9.88. The van der Waals surface area contributed by atoms with E-state index in [0.717, 1.165) is 12.1 Å². The zero-order valence-corrected chi connectivity index (χ0v) is 15.7. The molecule has 0 atom stereocenters. The maximum Gasteiger partial charge on any atom is 0.325 e. The van der Waals surface area contributed by atoms with Crippen LogP contribution in [0.25, 0.3) is 5.70 Å². The van der Waals surface area contributed by atoms with Gasteiger partial charge in [0.1, 0.15) is 12.4 Å². The Bertz CT molecular complexity index is 1060. The summed E-state index contributed by atoms with van der Waals surface area (Å²) in [4.78, 5) is 23.9. The number of anilines is 1. The molecule has 0 bridgehead atoms. The van der Waals surface area contributed by atoms with E-state index in [1.165, 1.54) is 18.2 Å². The fourth-order valence-corrected chi connectivity index (χ4v) is 4.46. The number of esters is 1. The molecule has 9 heteroatoms. The molecule has 0 saturated carbocycles. The quantitative estimate of drug-likeness (QED) is 0.715. The number of nitrogens with one attached hydrogen (secondary N) is 2. The summed E-state index contributed by atoms with van der Waals surface area (Å²) in [6.45, 7) is 1.51. The summed E-state index contributed by atoms with van der Waals surface area (Å²) in [5.74, 6) is -1.97. The highest BCUT2D eigenvalue weighted by molar-refractivity contribution is 7.97. The van der Waals surface area contributed by atoms with Crippen LogP contribution in [-0.2, 0) is 24.2 Å². The molecule has 0 unspecified atom stereocenters. The van der Waals surface area contributed by atoms with Crippen molar-refractivity contribution >= 4 is 33.1 Å². The van der Waals surface area contributed by atoms with Crippen molar-refractivity contribution in [3.63, 3.8) is 0 Å². The Morgan fingerprint density at radius 3 is 2.43 bits per heavy atom. The molecule has 1 aliphatic rings. The van der Waals surface area contributed by atoms with Gasteiger partial charge in [0.25, 0.3) is 5.91 Å². The van der Waals surface area contributed by atoms with Gasteiger partial charge in [0.15, 0.2) is 4.91 Å². The lowest BCUT2D eigenvalue weighted by atomic mass is 10.1. The molecular weight excluding hydrogens is 387 g/mol. The van der Waals surface area contributed by atoms with Crippen LogP contribution >= 0.6 is 0 Å². The molecule has 1 heterocycles. The van der Waals surface area contributed by atoms with Crippen molar-refractivity contribution in [1.82, 2.24) is 5.32 Å². The Labute approximate surface area is 161 Å². The van der Waals surface area contributed by atoms with Gasteiger partial charge in [-0.05, 0) is 37.3 Å². The third-order valence-corrected chi connectivity index (χ3v) is 5.83. The van der Waals surface area contributed by atoms with Crippen molar-refractivity contribution in [1.29, 1.82) is 0 Å². The third-order valence-electron chi connectivity index (χ3n) is 3.96. The lowest BCUT2D eigenvalue weighted by Crippen LogP contribution is -2.27. The molecule has 0 saturated heterocycles. The summed E-state index contributed by atoms with van der Waals surface area (Å²) in [5, 5.41) is 5.15. The van der Waals surface area contributed by atoms with Gasteiger partial charge in [-0.2, -0.15) is 0 Å². The number of fused-ring (bicyclic) bond motifs is 1. The first-order valence-electron chi connectivity index (χ1n) is 8.39. The van der Waals surface area contributed by atoms with Crippen LogP contribution in [0.15, 0.2) is 58.3 Å². The molecule has 2 N–H and O–H groups in total. The van der Waals surface area contributed by atoms with Crippen molar-refractivity contribution in [2.75, 3.05) is 18.5 Å². The largest absolute Gasteiger partial charge is 0.465 e. The van der Waals surface area contributed by atoms with Gasteiger partial charge < -0.3 is 15.4 Å². The van der Waals surface area contributed by atoms with Gasteiger partial charge in [-0.1, -0.05) is 18.2 Å². The van der Waals surface area contributed by atoms with Crippen LogP contribution in [0.3, 0.4) is 0 Å². The summed E-state index contributed by atoms with van der Waals surface area (Å²) in [6, 6.07) is 11.0. The number of carbonyl (C=O) groups excluding carboxylic acids is 2. The molecule has 0 spiro atoms. The van der Waals surface area contributed by atoms with E-state index in [0.29, 0.717) is 0 Å². The number of sulfone groups is 1. The van der Waals surface area contributed by atoms with Crippen molar-refractivity contribution in [3.8, 4) is 0 Å². The number of rotatable bonds is 6. The molecule has 0 aliphatic carbocycles. The van der Waals surface area contributed by atoms with E-state index >= 15 is 0 Å². The Balaban J connectivity index is 1.99. The Morgan fingerprint density at radius 2 is 1.75 bits per heavy atom. The number of hydrogen-bond donors (Lipinski definition) is 2. The standard InChI is InChI=1S/C19H17FN2O5S/c1-2-27-16(23)11-21-17-14-5-3-4-6-15(14)28(25,26)18(17)19(24)22-13-9-7-12(20)8-10-13/h3-10,21H,2,11H2,1H3,(H,22,24). The molecule has 28 heavy (non-hydrogen) atoms. The Kier molecular flexibility index (Phi) is 5.46. The normalized spacial score (nSPS) is 14.4. The van der Waals surface area contributed by atoms with E-state index in [9.17, 15) is 22.4 Å². The van der Waals surface area contributed by atoms with Crippen LogP contribution in [0.1, 0.15) is 12.5 Å². The van der Waals surface area contributed by atoms with Crippen LogP contribution in [0.5, 0.6) is 0 Å². The maximum atomic E-state index is 13.1. The van der Waals surface area contributed by atoms with Crippen LogP contribution in [0, 0.1) is 5.82 Å². The summed E-state index contributed by atoms with van der Waals surface area (Å²) in [5.41, 5.74) is 0.536. The number of carbonyl (C=O) groups is 2. The van der Waals surface area contributed by atoms with Crippen molar-refractivity contribution in [3.05, 3.63) is 64.8 Å². The smallest absolute Gasteiger partial charge is 0.325 e. The molecule has 3 rings (SSSR count). The Morgan fingerprint density at radius 1 is 1.07 bits per heavy atom. The van der Waals surface area contributed by atoms with Crippen LogP contribution in [0.4, 0.5) is 10.1 Å². The molecule has 0 radical (unpaired) electrons. The summed E-state index contributed by atoms with van der Waals surface area (Å²) in [6.07, 6.45) is 0. The molecule has 146 valence electrons. The highest BCUT2D eigenvalue weighted by atomic mass is 32.2. The fourth-order valence-electron chi connectivity index (χ4n) is 2.78. The minimum atomic E-state index is -4.10. The summed E-state index contributed by atoms with van der Waals surface area (Å²) >= 11 is 0. The van der Waals surface area contributed by atoms with E-state index in [1.807, 2.05) is 0 Å². The van der Waals surface area contributed by atoms with E-state index in [-0.39, 0.29) is 35.0 Å². The van der Waals surface area contributed by atoms with Gasteiger partial charge in [-0.3, -0.25) is 9.59 Å². The van der Waals surface area contributed by atoms with Gasteiger partial charge in [-0.25, -0.2) is 12.8 Å². The second-order valence-electron chi connectivity index (χ2n) is 5.82. The topological polar surface area (TPSA) is 102 Å². The lowest BCUT2D eigenvalue weighted by Gasteiger charge is -2.11. The van der Waals surface area contributed by atoms with Gasteiger partial charge in [0, 0.05) is 11.3 Å². The monoisotopic (exact) mass is 404 g/mol. The van der Waals surface area contributed by atoms with Crippen molar-refractivity contribution in [2.45, 2.75) is 11.8 Å². The molecule has 1 aliphatic heterocycles. The van der Waals surface area contributed by atoms with Crippen molar-refractivity contribution in [2.24, 2.45) is 0 Å². The average molecular weight is 404 g/mol. The minimum Gasteiger partial charge on any atom is -0.465 e. The van der Waals surface area contributed by atoms with Gasteiger partial charge in [0.2, 0.25) is 9.84 Å². The number of hydrogen-bond acceptors (Lipinski definition) is 6. The van der Waals surface area contributed by atoms with E-state index in [4.69, 9.17) is 4.74 Å². The van der Waals surface area contributed by atoms with Crippen LogP contribution in [0.2, 0.25) is 0 Å². The zero-order chi connectivity index (χ0) is 20.3. The predicted molar refractivity (Wildman–Crippen MR) is 100 cm³/mol. The zero-order valence-electron chi connectivity index (χ0n) is 14.9. The van der Waals surface area contributed by atoms with Gasteiger partial charge in [-0.15, -0.1) is 0 Å². The van der Waals surface area contributed by atoms with Gasteiger partial charge in [0.05, 0.1) is 17.2 Å². The highest BCUT2D eigenvalue weighted by Gasteiger charge is 2.40. The number of ether oxygens (including phenoxy) is 1. The number of amides is 1. The second-order valence-corrected chi connectivity index (χ2v) is 7.68. The van der Waals surface area contributed by atoms with E-state index in [1.54, 1.807) is 25.1 Å². The van der Waals surface area contributed by atoms with Crippen molar-refractivity contribution < 1.29 is 27.1 Å². The molecule has 7 nitrogen and oxygen atoms in total. The van der Waals surface area contributed by atoms with Crippen LogP contribution in [-0.4, -0.2) is 33.4 Å². The summed E-state index contributed by atoms with van der Waals surface area (Å²) < 4.78 is 43.7. The molecule has 0 fully saturated rings. The SMILES string of the molecule is CCOC(=O)CNC1=C(C(=O)Nc2ccc(F)cc2)S(=O)(=O)c2ccccc21. The molecular formula is C19H17FN2O5S. The fraction of sp³-hybridized carbons (Fsp3) is 0.158. The lowest BCUT2D eigenvalue weighted by molar-refractivity contribution is -0.141. The Hall–Kier alpha value is -3.20. The van der Waals surface area contributed by atoms with E-state index in [2.05, 4.69) is 10.6 Å². The molecule has 1 amide bonds. The predicted octanol–water partition coefficient (Wildman–Crippen LogP) is 2.07. The van der Waals surface area contributed by atoms with E-state index < -0.39 is 32.4 Å². The number of halogens is 1. The van der Waals surface area contributed by atoms with Crippen LogP contribution < -0.4 is 10.6 Å². The highest BCUT2D eigenvalue weighted by Crippen LogP contribution is 2.38.